The van der Waals surface area contributed by atoms with Crippen LogP contribution >= 0.6 is 0 Å². The minimum Gasteiger partial charge on any atom is -0.291 e. The molecule has 18 heavy (non-hydrogen) atoms. The Morgan fingerprint density at radius 1 is 1.33 bits per heavy atom. The largest absolute Gasteiger partial charge is 0.416 e. The first-order valence-electron chi connectivity index (χ1n) is 5.20. The molecule has 0 amide bonds. The van der Waals surface area contributed by atoms with Gasteiger partial charge in [0.05, 0.1) is 5.56 Å². The number of carbonyl (C=O) groups excluding carboxylic acids is 1. The van der Waals surface area contributed by atoms with Gasteiger partial charge < -0.3 is 0 Å². The third kappa shape index (κ3) is 3.18. The summed E-state index contributed by atoms with van der Waals surface area (Å²) in [4.78, 5) is 11.7. The minimum atomic E-state index is -4.55. The molecular weight excluding hydrogens is 248 g/mol. The van der Waals surface area contributed by atoms with Crippen LogP contribution in [0.4, 0.5) is 17.6 Å². The molecule has 0 aliphatic heterocycles. The van der Waals surface area contributed by atoms with Gasteiger partial charge in [-0.2, -0.15) is 13.2 Å². The Balaban J connectivity index is 3.11. The van der Waals surface area contributed by atoms with E-state index < -0.39 is 23.2 Å². The van der Waals surface area contributed by atoms with Gasteiger partial charge >= 0.3 is 6.18 Å². The van der Waals surface area contributed by atoms with Crippen molar-refractivity contribution in [2.75, 3.05) is 0 Å². The molecule has 1 rings (SSSR count). The summed E-state index contributed by atoms with van der Waals surface area (Å²) in [5.41, 5.74) is -3.51. The van der Waals surface area contributed by atoms with E-state index in [9.17, 15) is 22.4 Å². The predicted octanol–water partition coefficient (Wildman–Crippen LogP) is 4.19. The highest BCUT2D eigenvalue weighted by molar-refractivity contribution is 6.02. The zero-order valence-electron chi connectivity index (χ0n) is 9.72. The van der Waals surface area contributed by atoms with E-state index in [4.69, 9.17) is 0 Å². The molecule has 0 aromatic heterocycles. The fourth-order valence-corrected chi connectivity index (χ4v) is 1.50. The first kappa shape index (κ1) is 14.4. The van der Waals surface area contributed by atoms with E-state index in [0.29, 0.717) is 6.07 Å². The zero-order valence-corrected chi connectivity index (χ0v) is 9.72. The number of benzene rings is 1. The van der Waals surface area contributed by atoms with Crippen molar-refractivity contribution in [1.82, 2.24) is 0 Å². The Morgan fingerprint density at radius 2 is 1.94 bits per heavy atom. The van der Waals surface area contributed by atoms with Crippen molar-refractivity contribution in [3.63, 3.8) is 0 Å². The molecule has 1 aromatic carbocycles. The number of Topliss-reactive ketones (excluding diaryl/α,β-unsaturated/α-hetero) is 1. The molecule has 98 valence electrons. The van der Waals surface area contributed by atoms with Crippen molar-refractivity contribution in [3.05, 3.63) is 48.0 Å². The number of alkyl halides is 4. The fourth-order valence-electron chi connectivity index (χ4n) is 1.50. The molecule has 1 atom stereocenters. The summed E-state index contributed by atoms with van der Waals surface area (Å²) in [5.74, 6) is -0.978. The minimum absolute atomic E-state index is 0.248. The Hall–Kier alpha value is -1.65. The molecular formula is C13H12F4O. The van der Waals surface area contributed by atoms with Gasteiger partial charge in [0.25, 0.3) is 0 Å². The number of ketones is 1. The molecule has 0 heterocycles. The number of rotatable bonds is 4. The summed E-state index contributed by atoms with van der Waals surface area (Å²) in [7, 11) is 0. The van der Waals surface area contributed by atoms with Gasteiger partial charge in [-0.1, -0.05) is 18.2 Å². The van der Waals surface area contributed by atoms with Gasteiger partial charge in [0.1, 0.15) is 0 Å². The van der Waals surface area contributed by atoms with E-state index in [1.807, 2.05) is 0 Å². The predicted molar refractivity (Wildman–Crippen MR) is 60.1 cm³/mol. The van der Waals surface area contributed by atoms with Gasteiger partial charge in [0, 0.05) is 12.0 Å². The molecule has 0 aliphatic rings. The van der Waals surface area contributed by atoms with Gasteiger partial charge in [-0.25, -0.2) is 4.39 Å². The quantitative estimate of drug-likeness (QED) is 0.450. The van der Waals surface area contributed by atoms with Gasteiger partial charge in [-0.05, 0) is 19.1 Å². The number of hydrogen-bond acceptors (Lipinski definition) is 1. The summed E-state index contributed by atoms with van der Waals surface area (Å²) in [6, 6.07) is 3.74. The molecule has 5 heteroatoms. The third-order valence-corrected chi connectivity index (χ3v) is 2.45. The van der Waals surface area contributed by atoms with Crippen molar-refractivity contribution in [2.24, 2.45) is 0 Å². The smallest absolute Gasteiger partial charge is 0.291 e. The average Bonchev–Trinajstić information content (AvgIpc) is 2.27. The topological polar surface area (TPSA) is 17.1 Å². The average molecular weight is 260 g/mol. The lowest BCUT2D eigenvalue weighted by Gasteiger charge is -2.17. The first-order chi connectivity index (χ1) is 8.18. The zero-order chi connectivity index (χ0) is 14.0. The maximum absolute atomic E-state index is 13.9. The fraction of sp³-hybridized carbons (Fsp3) is 0.308. The summed E-state index contributed by atoms with van der Waals surface area (Å²) >= 11 is 0. The van der Waals surface area contributed by atoms with Crippen LogP contribution in [0.3, 0.4) is 0 Å². The van der Waals surface area contributed by atoms with Crippen LogP contribution in [0.2, 0.25) is 0 Å². The first-order valence-corrected chi connectivity index (χ1v) is 5.20. The summed E-state index contributed by atoms with van der Waals surface area (Å²) in [6.45, 7) is 4.33. The molecule has 1 aromatic rings. The van der Waals surface area contributed by atoms with Crippen LogP contribution < -0.4 is 0 Å². The van der Waals surface area contributed by atoms with E-state index in [0.717, 1.165) is 19.1 Å². The lowest BCUT2D eigenvalue weighted by Crippen LogP contribution is -2.29. The van der Waals surface area contributed by atoms with Crippen molar-refractivity contribution < 1.29 is 22.4 Å². The molecule has 0 aliphatic carbocycles. The third-order valence-electron chi connectivity index (χ3n) is 2.45. The van der Waals surface area contributed by atoms with E-state index >= 15 is 0 Å². The number of carbonyl (C=O) groups is 1. The van der Waals surface area contributed by atoms with Crippen LogP contribution in [0.25, 0.3) is 0 Å². The lowest BCUT2D eigenvalue weighted by atomic mass is 9.92. The van der Waals surface area contributed by atoms with Gasteiger partial charge in [0.15, 0.2) is 11.5 Å². The van der Waals surface area contributed by atoms with Crippen LogP contribution in [-0.4, -0.2) is 11.5 Å². The second-order valence-corrected chi connectivity index (χ2v) is 4.10. The molecule has 0 bridgehead atoms. The van der Waals surface area contributed by atoms with Crippen LogP contribution in [0.5, 0.6) is 0 Å². The van der Waals surface area contributed by atoms with Crippen LogP contribution in [0.15, 0.2) is 36.9 Å². The molecule has 0 saturated carbocycles. The second kappa shape index (κ2) is 4.92. The highest BCUT2D eigenvalue weighted by Crippen LogP contribution is 2.31. The van der Waals surface area contributed by atoms with Crippen LogP contribution in [0.1, 0.15) is 29.3 Å². The van der Waals surface area contributed by atoms with E-state index in [1.54, 1.807) is 0 Å². The van der Waals surface area contributed by atoms with Gasteiger partial charge in [-0.15, -0.1) is 6.58 Å². The second-order valence-electron chi connectivity index (χ2n) is 4.10. The number of hydrogen-bond donors (Lipinski definition) is 0. The lowest BCUT2D eigenvalue weighted by molar-refractivity contribution is -0.137. The Labute approximate surface area is 102 Å². The number of allylic oxidation sites excluding steroid dienone is 1. The monoisotopic (exact) mass is 260 g/mol. The summed E-state index contributed by atoms with van der Waals surface area (Å²) in [6.07, 6.45) is -3.59. The van der Waals surface area contributed by atoms with Crippen LogP contribution in [-0.2, 0) is 6.18 Å². The SMILES string of the molecule is C=CCC(C)(F)C(=O)c1cccc(C(F)(F)F)c1. The number of halogens is 4. The molecule has 1 nitrogen and oxygen atoms in total. The van der Waals surface area contributed by atoms with Crippen molar-refractivity contribution in [1.29, 1.82) is 0 Å². The summed E-state index contributed by atoms with van der Waals surface area (Å²) in [5, 5.41) is 0. The standard InChI is InChI=1S/C13H12F4O/c1-3-7-12(2,14)11(18)9-5-4-6-10(8-9)13(15,16)17/h3-6,8H,1,7H2,2H3. The van der Waals surface area contributed by atoms with Gasteiger partial charge in [0.2, 0.25) is 0 Å². The Morgan fingerprint density at radius 3 is 2.44 bits per heavy atom. The highest BCUT2D eigenvalue weighted by Gasteiger charge is 2.35. The van der Waals surface area contributed by atoms with E-state index in [-0.39, 0.29) is 12.0 Å². The van der Waals surface area contributed by atoms with Crippen molar-refractivity contribution >= 4 is 5.78 Å². The Bertz CT molecular complexity index is 460. The highest BCUT2D eigenvalue weighted by atomic mass is 19.4. The Kier molecular flexibility index (Phi) is 3.94. The maximum Gasteiger partial charge on any atom is 0.416 e. The molecule has 0 spiro atoms. The molecule has 1 unspecified atom stereocenters. The van der Waals surface area contributed by atoms with Crippen molar-refractivity contribution in [2.45, 2.75) is 25.2 Å². The van der Waals surface area contributed by atoms with Crippen molar-refractivity contribution in [3.8, 4) is 0 Å². The summed E-state index contributed by atoms with van der Waals surface area (Å²) < 4.78 is 51.3. The maximum atomic E-state index is 13.9. The van der Waals surface area contributed by atoms with Crippen LogP contribution in [0, 0.1) is 0 Å². The van der Waals surface area contributed by atoms with E-state index in [2.05, 4.69) is 6.58 Å². The molecule has 0 N–H and O–H groups in total. The normalized spacial score (nSPS) is 14.9. The molecule has 0 radical (unpaired) electrons. The van der Waals surface area contributed by atoms with Gasteiger partial charge in [-0.3, -0.25) is 4.79 Å². The van der Waals surface area contributed by atoms with E-state index in [1.165, 1.54) is 12.1 Å². The molecule has 0 fully saturated rings. The molecule has 0 saturated heterocycles.